The number of ether oxygens (including phenoxy) is 6. The second-order valence-electron chi connectivity index (χ2n) is 17.3. The van der Waals surface area contributed by atoms with Gasteiger partial charge in [-0.15, -0.1) is 0 Å². The van der Waals surface area contributed by atoms with Gasteiger partial charge in [0.25, 0.3) is 0 Å². The Hall–Kier alpha value is -2.28. The van der Waals surface area contributed by atoms with Gasteiger partial charge in [0.2, 0.25) is 0 Å². The summed E-state index contributed by atoms with van der Waals surface area (Å²) in [5.41, 5.74) is 0. The second kappa shape index (κ2) is 36.8. The molecule has 0 aliphatic carbocycles. The first-order valence-corrected chi connectivity index (χ1v) is 24.6. The third-order valence-electron chi connectivity index (χ3n) is 11.6. The minimum atomic E-state index is -1.77. The van der Waals surface area contributed by atoms with Gasteiger partial charge in [-0.25, -0.2) is 0 Å². The van der Waals surface area contributed by atoms with Crippen molar-refractivity contribution in [3.63, 3.8) is 0 Å². The van der Waals surface area contributed by atoms with Gasteiger partial charge in [0.1, 0.15) is 55.4 Å². The van der Waals surface area contributed by atoms with Gasteiger partial charge in [0.15, 0.2) is 18.7 Å². The summed E-state index contributed by atoms with van der Waals surface area (Å²) in [5.74, 6) is -0.952. The first-order valence-electron chi connectivity index (χ1n) is 24.6. The van der Waals surface area contributed by atoms with Gasteiger partial charge < -0.3 is 64.2 Å². The predicted molar refractivity (Wildman–Crippen MR) is 243 cm³/mol. The number of hydrogen-bond donors (Lipinski definition) is 7. The second-order valence-corrected chi connectivity index (χ2v) is 17.3. The SMILES string of the molecule is CCCC/C=C/C/C=C/CCCCCCCC(=O)O[C@H](COC(=O)CCCCCCC/C=C/CCCCCCC)CO[C@@H]1O[C@H](CO[C@@H]2O[C@H](CO)[C@H](O)C(O)C2O)[C@H](O)C(O)C1O. The molecule has 2 rings (SSSR count). The molecule has 11 atom stereocenters. The van der Waals surface area contributed by atoms with Crippen molar-refractivity contribution >= 4 is 11.9 Å². The van der Waals surface area contributed by atoms with Crippen LogP contribution in [0.2, 0.25) is 0 Å². The van der Waals surface area contributed by atoms with Crippen LogP contribution in [0, 0.1) is 0 Å². The van der Waals surface area contributed by atoms with Gasteiger partial charge in [-0.3, -0.25) is 9.59 Å². The van der Waals surface area contributed by atoms with E-state index in [1.807, 2.05) is 0 Å². The lowest BCUT2D eigenvalue weighted by molar-refractivity contribution is -0.332. The van der Waals surface area contributed by atoms with E-state index in [0.717, 1.165) is 83.5 Å². The maximum Gasteiger partial charge on any atom is 0.306 e. The van der Waals surface area contributed by atoms with E-state index in [-0.39, 0.29) is 26.1 Å². The third-order valence-corrected chi connectivity index (χ3v) is 11.6. The van der Waals surface area contributed by atoms with Crippen LogP contribution in [0.5, 0.6) is 0 Å². The number of aliphatic hydroxyl groups excluding tert-OH is 7. The standard InChI is InChI=1S/C49H86O15/c1-3-5-7-9-11-13-15-17-19-21-23-25-27-29-31-40(51)59-34-37(62-41(52)32-30-28-26-24-22-20-18-16-14-12-10-8-6-4-2)35-60-48-47(58)45(56)43(54)39(64-48)36-61-49-46(57)44(55)42(53)38(33-50)63-49/h10,12,15-18,37-39,42-50,53-58H,3-9,11,13-14,19-36H2,1-2H3/b12-10+,17-15+,18-16+/t37-,38-,39-,42+,43+,44?,45?,46?,47?,48-,49-/m1/s1. The molecule has 2 aliphatic heterocycles. The fraction of sp³-hybridized carbons (Fsp3) is 0.837. The molecule has 2 fully saturated rings. The van der Waals surface area contributed by atoms with Gasteiger partial charge in [-0.1, -0.05) is 127 Å². The van der Waals surface area contributed by atoms with Gasteiger partial charge >= 0.3 is 11.9 Å². The Bertz CT molecular complexity index is 1260. The fourth-order valence-electron chi connectivity index (χ4n) is 7.46. The number of esters is 2. The molecule has 0 saturated carbocycles. The molecule has 0 spiro atoms. The lowest BCUT2D eigenvalue weighted by Crippen LogP contribution is -2.61. The van der Waals surface area contributed by atoms with Crippen molar-refractivity contribution in [2.75, 3.05) is 26.4 Å². The van der Waals surface area contributed by atoms with Crippen LogP contribution in [-0.2, 0) is 38.0 Å². The summed E-state index contributed by atoms with van der Waals surface area (Å²) >= 11 is 0. The largest absolute Gasteiger partial charge is 0.462 e. The van der Waals surface area contributed by atoms with Crippen molar-refractivity contribution in [3.05, 3.63) is 36.5 Å². The average molecular weight is 915 g/mol. The van der Waals surface area contributed by atoms with Crippen LogP contribution in [0.4, 0.5) is 0 Å². The Labute approximate surface area is 383 Å². The molecule has 4 unspecified atom stereocenters. The molecule has 0 amide bonds. The maximum atomic E-state index is 13.0. The first-order chi connectivity index (χ1) is 31.0. The quantitative estimate of drug-likeness (QED) is 0.0211. The molecule has 7 N–H and O–H groups in total. The van der Waals surface area contributed by atoms with Gasteiger partial charge in [0.05, 0.1) is 19.8 Å². The molecule has 15 heteroatoms. The molecule has 372 valence electrons. The maximum absolute atomic E-state index is 13.0. The number of aliphatic hydroxyl groups is 7. The Kier molecular flexibility index (Phi) is 33.3. The van der Waals surface area contributed by atoms with E-state index >= 15 is 0 Å². The van der Waals surface area contributed by atoms with Crippen molar-refractivity contribution in [2.24, 2.45) is 0 Å². The highest BCUT2D eigenvalue weighted by Crippen LogP contribution is 2.26. The lowest BCUT2D eigenvalue weighted by Gasteiger charge is -2.42. The topological polar surface area (TPSA) is 231 Å². The van der Waals surface area contributed by atoms with Crippen molar-refractivity contribution in [1.29, 1.82) is 0 Å². The molecule has 0 bridgehead atoms. The molecule has 2 saturated heterocycles. The van der Waals surface area contributed by atoms with Crippen molar-refractivity contribution in [3.8, 4) is 0 Å². The highest BCUT2D eigenvalue weighted by molar-refractivity contribution is 5.70. The summed E-state index contributed by atoms with van der Waals surface area (Å²) in [7, 11) is 0. The van der Waals surface area contributed by atoms with E-state index in [1.165, 1.54) is 44.9 Å². The number of carbonyl (C=O) groups is 2. The van der Waals surface area contributed by atoms with E-state index in [2.05, 4.69) is 50.3 Å². The Morgan fingerprint density at radius 1 is 0.500 bits per heavy atom. The van der Waals surface area contributed by atoms with E-state index < -0.39 is 92.7 Å². The molecule has 2 heterocycles. The number of rotatable bonds is 37. The highest BCUT2D eigenvalue weighted by atomic mass is 16.7. The molecule has 0 aromatic heterocycles. The predicted octanol–water partition coefficient (Wildman–Crippen LogP) is 6.15. The smallest absolute Gasteiger partial charge is 0.306 e. The van der Waals surface area contributed by atoms with Gasteiger partial charge in [0, 0.05) is 12.8 Å². The van der Waals surface area contributed by atoms with Crippen LogP contribution in [0.1, 0.15) is 168 Å². The van der Waals surface area contributed by atoms with Gasteiger partial charge in [-0.05, 0) is 64.2 Å². The molecule has 2 aliphatic rings. The zero-order valence-electron chi connectivity index (χ0n) is 39.0. The summed E-state index contributed by atoms with van der Waals surface area (Å²) in [6, 6.07) is 0. The van der Waals surface area contributed by atoms with Crippen LogP contribution >= 0.6 is 0 Å². The number of hydrogen-bond acceptors (Lipinski definition) is 15. The molecule has 0 aromatic rings. The van der Waals surface area contributed by atoms with Crippen molar-refractivity contribution in [2.45, 2.75) is 235 Å². The van der Waals surface area contributed by atoms with E-state index in [1.54, 1.807) is 0 Å². The van der Waals surface area contributed by atoms with Crippen LogP contribution in [0.15, 0.2) is 36.5 Å². The van der Waals surface area contributed by atoms with Crippen LogP contribution < -0.4 is 0 Å². The summed E-state index contributed by atoms with van der Waals surface area (Å²) in [5, 5.41) is 72.0. The normalized spacial score (nSPS) is 26.9. The van der Waals surface area contributed by atoms with Crippen molar-refractivity contribution < 1.29 is 73.8 Å². The van der Waals surface area contributed by atoms with E-state index in [9.17, 15) is 45.3 Å². The van der Waals surface area contributed by atoms with Crippen LogP contribution in [0.3, 0.4) is 0 Å². The van der Waals surface area contributed by atoms with Crippen LogP contribution in [0.25, 0.3) is 0 Å². The lowest BCUT2D eigenvalue weighted by atomic mass is 9.98. The Morgan fingerprint density at radius 3 is 1.52 bits per heavy atom. The van der Waals surface area contributed by atoms with Gasteiger partial charge in [-0.2, -0.15) is 0 Å². The zero-order chi connectivity index (χ0) is 46.8. The fourth-order valence-corrected chi connectivity index (χ4v) is 7.46. The third kappa shape index (κ3) is 25.0. The monoisotopic (exact) mass is 915 g/mol. The molecular weight excluding hydrogens is 829 g/mol. The minimum Gasteiger partial charge on any atom is -0.462 e. The molecular formula is C49H86O15. The summed E-state index contributed by atoms with van der Waals surface area (Å²) in [6.45, 7) is 2.50. The Morgan fingerprint density at radius 2 is 0.953 bits per heavy atom. The summed E-state index contributed by atoms with van der Waals surface area (Å²) in [4.78, 5) is 25.7. The number of allylic oxidation sites excluding steroid dienone is 6. The number of carbonyl (C=O) groups excluding carboxylic acids is 2. The van der Waals surface area contributed by atoms with E-state index in [4.69, 9.17) is 28.4 Å². The molecule has 64 heavy (non-hydrogen) atoms. The molecule has 15 nitrogen and oxygen atoms in total. The summed E-state index contributed by atoms with van der Waals surface area (Å²) in [6.07, 6.45) is 20.3. The van der Waals surface area contributed by atoms with Crippen LogP contribution in [-0.4, -0.2) is 142 Å². The Balaban J connectivity index is 1.84. The number of unbranched alkanes of at least 4 members (excludes halogenated alkanes) is 17. The van der Waals surface area contributed by atoms with E-state index in [0.29, 0.717) is 12.8 Å². The average Bonchev–Trinajstić information content (AvgIpc) is 3.29. The highest BCUT2D eigenvalue weighted by Gasteiger charge is 2.47. The zero-order valence-corrected chi connectivity index (χ0v) is 39.0. The molecule has 0 aromatic carbocycles. The summed E-state index contributed by atoms with van der Waals surface area (Å²) < 4.78 is 33.5. The molecule has 0 radical (unpaired) electrons. The van der Waals surface area contributed by atoms with Crippen molar-refractivity contribution in [1.82, 2.24) is 0 Å². The first kappa shape index (κ1) is 57.8. The minimum absolute atomic E-state index is 0.147.